The number of hydrogen-bond acceptors (Lipinski definition) is 6. The van der Waals surface area contributed by atoms with Crippen LogP contribution in [0.15, 0.2) is 60.8 Å². The van der Waals surface area contributed by atoms with E-state index in [1.54, 1.807) is 19.1 Å². The molecule has 212 valence electrons. The van der Waals surface area contributed by atoms with Gasteiger partial charge in [0.1, 0.15) is 6.10 Å². The first kappa shape index (κ1) is 30.4. The van der Waals surface area contributed by atoms with E-state index in [9.17, 15) is 18.0 Å². The van der Waals surface area contributed by atoms with Crippen molar-refractivity contribution in [3.8, 4) is 0 Å². The van der Waals surface area contributed by atoms with Gasteiger partial charge in [-0.1, -0.05) is 42.5 Å². The third-order valence-corrected chi connectivity index (χ3v) is 8.22. The van der Waals surface area contributed by atoms with E-state index in [4.69, 9.17) is 11.3 Å². The fraction of sp³-hybridized carbons (Fsp3) is 0.367. The summed E-state index contributed by atoms with van der Waals surface area (Å²) < 4.78 is 28.7. The molecular formula is C30H36N4O5S. The van der Waals surface area contributed by atoms with E-state index in [1.807, 2.05) is 62.1 Å². The van der Waals surface area contributed by atoms with Gasteiger partial charge in [-0.2, -0.15) is 0 Å². The Kier molecular flexibility index (Phi) is 9.77. The van der Waals surface area contributed by atoms with Crippen molar-refractivity contribution in [2.45, 2.75) is 39.3 Å². The van der Waals surface area contributed by atoms with Gasteiger partial charge in [0.25, 0.3) is 5.70 Å². The average molecular weight is 565 g/mol. The highest BCUT2D eigenvalue weighted by molar-refractivity contribution is 7.91. The van der Waals surface area contributed by atoms with E-state index in [2.05, 4.69) is 22.1 Å². The standard InChI is InChI=1S/C30H36N4O5S/c1-21(2)24-8-7-9-25(19-24)30(4,5)33-29(36)39-22(3)20-32-28(35)27(31-6)18-23-10-12-26(13-11-23)34-14-16-40(37,38)17-15-34/h7-13,18-19,22H,1,14-17,20H2,2-5H3,(H,32,35)(H,33,36)/b27-18-. The van der Waals surface area contributed by atoms with Gasteiger partial charge in [-0.3, -0.25) is 4.79 Å². The molecule has 2 amide bonds. The van der Waals surface area contributed by atoms with Gasteiger partial charge in [0.2, 0.25) is 5.91 Å². The topological polar surface area (TPSA) is 109 Å². The Bertz CT molecular complexity index is 1430. The molecule has 1 atom stereocenters. The van der Waals surface area contributed by atoms with E-state index < -0.39 is 33.5 Å². The zero-order chi connectivity index (χ0) is 29.5. The molecule has 0 radical (unpaired) electrons. The van der Waals surface area contributed by atoms with E-state index in [0.29, 0.717) is 18.7 Å². The van der Waals surface area contributed by atoms with Crippen LogP contribution in [0.4, 0.5) is 10.5 Å². The van der Waals surface area contributed by atoms with E-state index in [-0.39, 0.29) is 23.7 Å². The van der Waals surface area contributed by atoms with Crippen LogP contribution in [0.2, 0.25) is 0 Å². The first-order valence-corrected chi connectivity index (χ1v) is 14.8. The summed E-state index contributed by atoms with van der Waals surface area (Å²) in [6, 6.07) is 15.0. The second kappa shape index (κ2) is 12.8. The maximum Gasteiger partial charge on any atom is 0.408 e. The number of alkyl carbamates (subject to hydrolysis) is 1. The molecule has 40 heavy (non-hydrogen) atoms. The minimum atomic E-state index is -2.97. The highest BCUT2D eigenvalue weighted by Gasteiger charge is 2.25. The summed E-state index contributed by atoms with van der Waals surface area (Å²) in [5.41, 5.74) is 3.55. The Labute approximate surface area is 236 Å². The van der Waals surface area contributed by atoms with Crippen molar-refractivity contribution in [3.05, 3.63) is 88.9 Å². The summed E-state index contributed by atoms with van der Waals surface area (Å²) in [5.74, 6) is -0.323. The number of sulfone groups is 1. The fourth-order valence-corrected chi connectivity index (χ4v) is 5.34. The molecule has 1 fully saturated rings. The first-order chi connectivity index (χ1) is 18.8. The number of nitrogens with zero attached hydrogens (tertiary/aromatic N) is 2. The summed E-state index contributed by atoms with van der Waals surface area (Å²) in [5, 5.41) is 5.50. The zero-order valence-electron chi connectivity index (χ0n) is 23.4. The molecule has 1 unspecified atom stereocenters. The van der Waals surface area contributed by atoms with Crippen LogP contribution in [0, 0.1) is 6.57 Å². The predicted octanol–water partition coefficient (Wildman–Crippen LogP) is 4.38. The van der Waals surface area contributed by atoms with Crippen molar-refractivity contribution in [2.24, 2.45) is 0 Å². The largest absolute Gasteiger partial charge is 0.445 e. The molecular weight excluding hydrogens is 528 g/mol. The molecule has 1 heterocycles. The lowest BCUT2D eigenvalue weighted by Gasteiger charge is -2.28. The van der Waals surface area contributed by atoms with Crippen LogP contribution in [-0.4, -0.2) is 57.7 Å². The van der Waals surface area contributed by atoms with Crippen molar-refractivity contribution >= 4 is 39.2 Å². The van der Waals surface area contributed by atoms with Crippen LogP contribution in [0.1, 0.15) is 44.4 Å². The normalized spacial score (nSPS) is 15.9. The van der Waals surface area contributed by atoms with Gasteiger partial charge < -0.3 is 20.3 Å². The molecule has 2 aromatic rings. The van der Waals surface area contributed by atoms with Crippen LogP contribution in [0.25, 0.3) is 16.5 Å². The van der Waals surface area contributed by atoms with Crippen molar-refractivity contribution in [2.75, 3.05) is 36.0 Å². The maximum atomic E-state index is 12.6. The molecule has 3 rings (SSSR count). The molecule has 1 aliphatic heterocycles. The highest BCUT2D eigenvalue weighted by Crippen LogP contribution is 2.24. The molecule has 0 saturated carbocycles. The van der Waals surface area contributed by atoms with Gasteiger partial charge in [-0.05, 0) is 68.7 Å². The molecule has 1 saturated heterocycles. The molecule has 0 aromatic heterocycles. The molecule has 10 heteroatoms. The number of carbonyl (C=O) groups is 2. The Hall–Kier alpha value is -4.10. The smallest absolute Gasteiger partial charge is 0.408 e. The Morgan fingerprint density at radius 3 is 2.42 bits per heavy atom. The average Bonchev–Trinajstić information content (AvgIpc) is 2.90. The van der Waals surface area contributed by atoms with E-state index in [1.165, 1.54) is 6.08 Å². The molecule has 0 aliphatic carbocycles. The lowest BCUT2D eigenvalue weighted by molar-refractivity contribution is -0.117. The van der Waals surface area contributed by atoms with Gasteiger partial charge in [0.05, 0.1) is 30.2 Å². The highest BCUT2D eigenvalue weighted by atomic mass is 32.2. The summed E-state index contributed by atoms with van der Waals surface area (Å²) in [4.78, 5) is 30.5. The van der Waals surface area contributed by atoms with Gasteiger partial charge in [-0.25, -0.2) is 18.1 Å². The molecule has 2 N–H and O–H groups in total. The lowest BCUT2D eigenvalue weighted by atomic mass is 9.92. The van der Waals surface area contributed by atoms with Gasteiger partial charge >= 0.3 is 6.09 Å². The van der Waals surface area contributed by atoms with Crippen molar-refractivity contribution in [3.63, 3.8) is 0 Å². The molecule has 1 aliphatic rings. The van der Waals surface area contributed by atoms with Crippen LogP contribution in [-0.2, 0) is 24.9 Å². The van der Waals surface area contributed by atoms with Gasteiger partial charge in [-0.15, -0.1) is 0 Å². The zero-order valence-corrected chi connectivity index (χ0v) is 24.2. The third-order valence-electron chi connectivity index (χ3n) is 6.61. The van der Waals surface area contributed by atoms with Gasteiger partial charge in [0.15, 0.2) is 9.84 Å². The van der Waals surface area contributed by atoms with E-state index >= 15 is 0 Å². The third kappa shape index (κ3) is 8.45. The maximum absolute atomic E-state index is 12.6. The van der Waals surface area contributed by atoms with Gasteiger partial charge in [0, 0.05) is 18.8 Å². The minimum Gasteiger partial charge on any atom is -0.445 e. The second-order valence-electron chi connectivity index (χ2n) is 10.4. The number of carbonyl (C=O) groups excluding carboxylic acids is 2. The summed E-state index contributed by atoms with van der Waals surface area (Å²) >= 11 is 0. The number of amides is 2. The molecule has 0 spiro atoms. The van der Waals surface area contributed by atoms with Crippen LogP contribution < -0.4 is 15.5 Å². The van der Waals surface area contributed by atoms with Crippen molar-refractivity contribution in [1.29, 1.82) is 0 Å². The fourth-order valence-electron chi connectivity index (χ4n) is 4.14. The van der Waals surface area contributed by atoms with Crippen molar-refractivity contribution in [1.82, 2.24) is 10.6 Å². The number of rotatable bonds is 9. The number of nitrogens with one attached hydrogen (secondary N) is 2. The Morgan fingerprint density at radius 2 is 1.82 bits per heavy atom. The predicted molar refractivity (Wildman–Crippen MR) is 158 cm³/mol. The first-order valence-electron chi connectivity index (χ1n) is 13.0. The quantitative estimate of drug-likeness (QED) is 0.346. The molecule has 2 aromatic carbocycles. The number of hydrogen-bond donors (Lipinski definition) is 2. The summed E-state index contributed by atoms with van der Waals surface area (Å²) in [6.45, 7) is 19.6. The number of benzene rings is 2. The van der Waals surface area contributed by atoms with E-state index in [0.717, 1.165) is 22.4 Å². The Balaban J connectivity index is 1.52. The molecule has 0 bridgehead atoms. The SMILES string of the molecule is [C-]#[N+]/C(=C\c1ccc(N2CCS(=O)(=O)CC2)cc1)C(=O)NCC(C)OC(=O)NC(C)(C)c1cccc(C(=C)C)c1. The van der Waals surface area contributed by atoms with Crippen molar-refractivity contribution < 1.29 is 22.7 Å². The Morgan fingerprint density at radius 1 is 1.18 bits per heavy atom. The van der Waals surface area contributed by atoms with Crippen LogP contribution in [0.5, 0.6) is 0 Å². The number of ether oxygens (including phenoxy) is 1. The monoisotopic (exact) mass is 564 g/mol. The summed E-state index contributed by atoms with van der Waals surface area (Å²) in [7, 11) is -2.97. The lowest BCUT2D eigenvalue weighted by Crippen LogP contribution is -2.43. The van der Waals surface area contributed by atoms with Crippen LogP contribution >= 0.6 is 0 Å². The second-order valence-corrected chi connectivity index (χ2v) is 12.7. The van der Waals surface area contributed by atoms with Crippen LogP contribution in [0.3, 0.4) is 0 Å². The number of allylic oxidation sites excluding steroid dienone is 1. The molecule has 9 nitrogen and oxygen atoms in total. The number of anilines is 1. The minimum absolute atomic E-state index is 0.0293. The summed E-state index contributed by atoms with van der Waals surface area (Å²) in [6.07, 6.45) is 0.216.